The lowest BCUT2D eigenvalue weighted by molar-refractivity contribution is -0.113. The molecule has 0 saturated heterocycles. The Labute approximate surface area is 158 Å². The summed E-state index contributed by atoms with van der Waals surface area (Å²) in [5.41, 5.74) is 2.30. The number of benzene rings is 1. The van der Waals surface area contributed by atoms with Crippen LogP contribution in [0.4, 0.5) is 10.8 Å². The van der Waals surface area contributed by atoms with Gasteiger partial charge >= 0.3 is 0 Å². The van der Waals surface area contributed by atoms with Crippen LogP contribution >= 0.6 is 34.7 Å². The molecule has 25 heavy (non-hydrogen) atoms. The Balaban J connectivity index is 1.69. The molecule has 1 amide bonds. The van der Waals surface area contributed by atoms with E-state index in [-0.39, 0.29) is 11.7 Å². The molecule has 1 N–H and O–H groups in total. The van der Waals surface area contributed by atoms with Gasteiger partial charge in [0.15, 0.2) is 10.8 Å². The van der Waals surface area contributed by atoms with Crippen LogP contribution in [0.2, 0.25) is 5.02 Å². The van der Waals surface area contributed by atoms with Gasteiger partial charge in [0.1, 0.15) is 16.1 Å². The number of nitrogens with zero attached hydrogens (tertiary/aromatic N) is 4. The van der Waals surface area contributed by atoms with E-state index in [0.717, 1.165) is 20.4 Å². The molecular formula is C16H16ClN5OS2. The number of fused-ring (bicyclic) bond motifs is 1. The van der Waals surface area contributed by atoms with Crippen LogP contribution in [0.1, 0.15) is 5.56 Å². The molecule has 0 aliphatic heterocycles. The van der Waals surface area contributed by atoms with E-state index < -0.39 is 0 Å². The molecule has 3 rings (SSSR count). The monoisotopic (exact) mass is 393 g/mol. The Morgan fingerprint density at radius 2 is 2.16 bits per heavy atom. The van der Waals surface area contributed by atoms with Crippen molar-refractivity contribution in [3.63, 3.8) is 0 Å². The number of aromatic nitrogens is 3. The summed E-state index contributed by atoms with van der Waals surface area (Å²) < 4.78 is 0.891. The van der Waals surface area contributed by atoms with E-state index in [1.54, 1.807) is 6.07 Å². The molecule has 0 saturated carbocycles. The predicted octanol–water partition coefficient (Wildman–Crippen LogP) is 3.84. The summed E-state index contributed by atoms with van der Waals surface area (Å²) in [5, 5.41) is 5.09. The highest BCUT2D eigenvalue weighted by Gasteiger charge is 2.13. The highest BCUT2D eigenvalue weighted by atomic mass is 35.5. The molecule has 1 aromatic carbocycles. The van der Waals surface area contributed by atoms with Crippen molar-refractivity contribution >= 4 is 61.8 Å². The molecular weight excluding hydrogens is 378 g/mol. The molecule has 130 valence electrons. The minimum atomic E-state index is -0.117. The van der Waals surface area contributed by atoms with Crippen molar-refractivity contribution in [3.8, 4) is 0 Å². The molecule has 0 spiro atoms. The highest BCUT2D eigenvalue weighted by molar-refractivity contribution is 8.00. The van der Waals surface area contributed by atoms with Crippen molar-refractivity contribution in [2.75, 3.05) is 30.1 Å². The maximum Gasteiger partial charge on any atom is 0.234 e. The van der Waals surface area contributed by atoms with E-state index in [0.29, 0.717) is 16.4 Å². The molecule has 0 unspecified atom stereocenters. The van der Waals surface area contributed by atoms with Crippen molar-refractivity contribution < 1.29 is 4.79 Å². The fraction of sp³-hybridized carbons (Fsp3) is 0.250. The van der Waals surface area contributed by atoms with Crippen molar-refractivity contribution in [2.45, 2.75) is 11.9 Å². The van der Waals surface area contributed by atoms with Gasteiger partial charge in [0, 0.05) is 24.8 Å². The van der Waals surface area contributed by atoms with Crippen LogP contribution in [-0.2, 0) is 4.79 Å². The molecule has 2 aromatic heterocycles. The molecule has 0 fully saturated rings. The molecule has 9 heteroatoms. The lowest BCUT2D eigenvalue weighted by Crippen LogP contribution is -2.14. The van der Waals surface area contributed by atoms with Crippen molar-refractivity contribution in [2.24, 2.45) is 0 Å². The summed E-state index contributed by atoms with van der Waals surface area (Å²) in [4.78, 5) is 27.0. The van der Waals surface area contributed by atoms with Gasteiger partial charge in [0.25, 0.3) is 0 Å². The first-order chi connectivity index (χ1) is 11.9. The Morgan fingerprint density at radius 1 is 1.36 bits per heavy atom. The van der Waals surface area contributed by atoms with E-state index >= 15 is 0 Å². The Hall–Kier alpha value is -1.90. The molecule has 0 atom stereocenters. The number of amides is 1. The quantitative estimate of drug-likeness (QED) is 0.524. The predicted molar refractivity (Wildman–Crippen MR) is 105 cm³/mol. The second-order valence-corrected chi connectivity index (χ2v) is 7.87. The van der Waals surface area contributed by atoms with E-state index in [1.165, 1.54) is 29.4 Å². The second kappa shape index (κ2) is 7.55. The molecule has 3 aromatic rings. The van der Waals surface area contributed by atoms with Gasteiger partial charge in [-0.15, -0.1) is 0 Å². The first-order valence-corrected chi connectivity index (χ1v) is 9.59. The minimum absolute atomic E-state index is 0.117. The molecule has 6 nitrogen and oxygen atoms in total. The van der Waals surface area contributed by atoms with Gasteiger partial charge in [-0.1, -0.05) is 40.8 Å². The number of rotatable bonds is 5. The number of nitrogens with one attached hydrogen (secondary N) is 1. The third-order valence-electron chi connectivity index (χ3n) is 3.33. The summed E-state index contributed by atoms with van der Waals surface area (Å²) in [5.74, 6) is 0.126. The fourth-order valence-electron chi connectivity index (χ4n) is 2.02. The number of thioether (sulfide) groups is 1. The summed E-state index contributed by atoms with van der Waals surface area (Å²) >= 11 is 8.96. The SMILES string of the molecule is Cc1ccc(NC(=O)CSc2ncnc3nc(N(C)C)sc23)cc1Cl. The van der Waals surface area contributed by atoms with E-state index in [1.807, 2.05) is 38.1 Å². The third kappa shape index (κ3) is 4.20. The highest BCUT2D eigenvalue weighted by Crippen LogP contribution is 2.32. The fourth-order valence-corrected chi connectivity index (χ4v) is 4.01. The van der Waals surface area contributed by atoms with Crippen LogP contribution in [0.15, 0.2) is 29.6 Å². The van der Waals surface area contributed by atoms with Gasteiger partial charge in [-0.2, -0.15) is 4.98 Å². The topological polar surface area (TPSA) is 71.0 Å². The van der Waals surface area contributed by atoms with Crippen molar-refractivity contribution in [1.29, 1.82) is 0 Å². The molecule has 0 aliphatic rings. The van der Waals surface area contributed by atoms with Crippen LogP contribution in [0.3, 0.4) is 0 Å². The van der Waals surface area contributed by atoms with Crippen LogP contribution in [-0.4, -0.2) is 40.7 Å². The zero-order chi connectivity index (χ0) is 18.0. The second-order valence-electron chi connectivity index (χ2n) is 5.52. The lowest BCUT2D eigenvalue weighted by atomic mass is 10.2. The zero-order valence-electron chi connectivity index (χ0n) is 13.9. The average molecular weight is 394 g/mol. The molecule has 0 radical (unpaired) electrons. The first-order valence-electron chi connectivity index (χ1n) is 7.41. The van der Waals surface area contributed by atoms with Crippen LogP contribution in [0.5, 0.6) is 0 Å². The minimum Gasteiger partial charge on any atom is -0.354 e. The summed E-state index contributed by atoms with van der Waals surface area (Å²) in [7, 11) is 3.86. The van der Waals surface area contributed by atoms with Gasteiger partial charge < -0.3 is 10.2 Å². The van der Waals surface area contributed by atoms with Gasteiger partial charge in [-0.25, -0.2) is 9.97 Å². The standard InChI is InChI=1S/C16H16ClN5OS2/c1-9-4-5-10(6-11(9)17)20-12(23)7-24-15-13-14(18-8-19-15)21-16(25-13)22(2)3/h4-6,8H,7H2,1-3H3,(H,20,23). The van der Waals surface area contributed by atoms with Crippen LogP contribution in [0, 0.1) is 6.92 Å². The smallest absolute Gasteiger partial charge is 0.234 e. The van der Waals surface area contributed by atoms with Gasteiger partial charge in [-0.05, 0) is 24.6 Å². The van der Waals surface area contributed by atoms with Crippen molar-refractivity contribution in [3.05, 3.63) is 35.1 Å². The first kappa shape index (κ1) is 17.9. The van der Waals surface area contributed by atoms with Gasteiger partial charge in [0.2, 0.25) is 5.91 Å². The number of carbonyl (C=O) groups excluding carboxylic acids is 1. The molecule has 0 bridgehead atoms. The number of carbonyl (C=O) groups is 1. The number of thiazole rings is 1. The normalized spacial score (nSPS) is 10.9. The maximum atomic E-state index is 12.2. The maximum absolute atomic E-state index is 12.2. The average Bonchev–Trinajstić information content (AvgIpc) is 3.01. The van der Waals surface area contributed by atoms with E-state index in [2.05, 4.69) is 20.3 Å². The number of hydrogen-bond acceptors (Lipinski definition) is 7. The summed E-state index contributed by atoms with van der Waals surface area (Å²) in [6, 6.07) is 5.45. The summed E-state index contributed by atoms with van der Waals surface area (Å²) in [6.07, 6.45) is 1.47. The largest absolute Gasteiger partial charge is 0.354 e. The lowest BCUT2D eigenvalue weighted by Gasteiger charge is -2.07. The van der Waals surface area contributed by atoms with E-state index in [9.17, 15) is 4.79 Å². The Kier molecular flexibility index (Phi) is 5.41. The molecule has 0 aliphatic carbocycles. The number of anilines is 2. The van der Waals surface area contributed by atoms with Crippen molar-refractivity contribution in [1.82, 2.24) is 15.0 Å². The number of halogens is 1. The Morgan fingerprint density at radius 3 is 2.88 bits per heavy atom. The summed E-state index contributed by atoms with van der Waals surface area (Å²) in [6.45, 7) is 1.92. The van der Waals surface area contributed by atoms with E-state index in [4.69, 9.17) is 11.6 Å². The zero-order valence-corrected chi connectivity index (χ0v) is 16.3. The third-order valence-corrected chi connectivity index (χ3v) is 6.07. The Bertz CT molecular complexity index is 928. The molecule has 2 heterocycles. The number of hydrogen-bond donors (Lipinski definition) is 1. The van der Waals surface area contributed by atoms with Crippen LogP contribution in [0.25, 0.3) is 10.3 Å². The van der Waals surface area contributed by atoms with Gasteiger partial charge in [-0.3, -0.25) is 4.79 Å². The van der Waals surface area contributed by atoms with Gasteiger partial charge in [0.05, 0.1) is 5.75 Å². The van der Waals surface area contributed by atoms with Crippen LogP contribution < -0.4 is 10.2 Å². The number of aryl methyl sites for hydroxylation is 1.